The van der Waals surface area contributed by atoms with Crippen LogP contribution in [-0.2, 0) is 0 Å². The SMILES string of the molecule is O=C(O)N(C(=O)O)c1cc2ccccc2c(Br)n1. The van der Waals surface area contributed by atoms with E-state index >= 15 is 0 Å². The zero-order chi connectivity index (χ0) is 13.3. The Morgan fingerprint density at radius 1 is 1.17 bits per heavy atom. The molecular formula is C11H7BrN2O4. The van der Waals surface area contributed by atoms with E-state index in [-0.39, 0.29) is 10.7 Å². The maximum atomic E-state index is 10.9. The molecule has 0 radical (unpaired) electrons. The van der Waals surface area contributed by atoms with Gasteiger partial charge < -0.3 is 10.2 Å². The van der Waals surface area contributed by atoms with Crippen molar-refractivity contribution in [1.29, 1.82) is 0 Å². The first-order chi connectivity index (χ1) is 8.50. The predicted octanol–water partition coefficient (Wildman–Crippen LogP) is 3.16. The highest BCUT2D eigenvalue weighted by Crippen LogP contribution is 2.26. The zero-order valence-electron chi connectivity index (χ0n) is 8.87. The van der Waals surface area contributed by atoms with Gasteiger partial charge in [-0.3, -0.25) is 0 Å². The third-order valence-corrected chi connectivity index (χ3v) is 2.90. The van der Waals surface area contributed by atoms with Crippen molar-refractivity contribution >= 4 is 44.7 Å². The van der Waals surface area contributed by atoms with Gasteiger partial charge >= 0.3 is 12.2 Å². The Morgan fingerprint density at radius 2 is 1.78 bits per heavy atom. The van der Waals surface area contributed by atoms with E-state index in [9.17, 15) is 9.59 Å². The van der Waals surface area contributed by atoms with Crippen molar-refractivity contribution < 1.29 is 19.8 Å². The molecule has 2 amide bonds. The maximum Gasteiger partial charge on any atom is 0.422 e. The number of nitrogens with zero attached hydrogens (tertiary/aromatic N) is 2. The molecule has 0 aliphatic rings. The first-order valence-electron chi connectivity index (χ1n) is 4.82. The summed E-state index contributed by atoms with van der Waals surface area (Å²) in [5.41, 5.74) is 0. The molecule has 0 saturated heterocycles. The van der Waals surface area contributed by atoms with Gasteiger partial charge in [-0.25, -0.2) is 14.6 Å². The topological polar surface area (TPSA) is 90.7 Å². The maximum absolute atomic E-state index is 10.9. The number of fused-ring (bicyclic) bond motifs is 1. The minimum Gasteiger partial charge on any atom is -0.464 e. The molecule has 0 saturated carbocycles. The Bertz CT molecular complexity index is 630. The lowest BCUT2D eigenvalue weighted by Crippen LogP contribution is -2.35. The summed E-state index contributed by atoms with van der Waals surface area (Å²) in [6.45, 7) is 0. The fourth-order valence-corrected chi connectivity index (χ4v) is 2.08. The summed E-state index contributed by atoms with van der Waals surface area (Å²) >= 11 is 3.19. The van der Waals surface area contributed by atoms with Crippen LogP contribution in [0.25, 0.3) is 10.8 Å². The standard InChI is InChI=1S/C11H7BrN2O4/c12-9-7-4-2-1-3-6(7)5-8(13-9)14(10(15)16)11(17)18/h1-5H,(H,15,16)(H,17,18). The third-order valence-electron chi connectivity index (χ3n) is 2.29. The van der Waals surface area contributed by atoms with Crippen LogP contribution in [0.5, 0.6) is 0 Å². The monoisotopic (exact) mass is 310 g/mol. The summed E-state index contributed by atoms with van der Waals surface area (Å²) in [4.78, 5) is 25.8. The fourth-order valence-electron chi connectivity index (χ4n) is 1.54. The van der Waals surface area contributed by atoms with Crippen LogP contribution in [0.15, 0.2) is 34.9 Å². The smallest absolute Gasteiger partial charge is 0.422 e. The number of amides is 2. The van der Waals surface area contributed by atoms with Crippen molar-refractivity contribution in [1.82, 2.24) is 4.98 Å². The van der Waals surface area contributed by atoms with Gasteiger partial charge in [-0.15, -0.1) is 0 Å². The van der Waals surface area contributed by atoms with Gasteiger partial charge in [-0.2, -0.15) is 4.90 Å². The highest BCUT2D eigenvalue weighted by Gasteiger charge is 2.24. The van der Waals surface area contributed by atoms with Crippen LogP contribution >= 0.6 is 15.9 Å². The number of carbonyl (C=O) groups is 2. The van der Waals surface area contributed by atoms with Crippen LogP contribution in [0.4, 0.5) is 15.4 Å². The molecule has 92 valence electrons. The zero-order valence-corrected chi connectivity index (χ0v) is 10.5. The molecule has 0 spiro atoms. The molecule has 0 aliphatic heterocycles. The van der Waals surface area contributed by atoms with Crippen LogP contribution < -0.4 is 4.90 Å². The second-order valence-corrected chi connectivity index (χ2v) is 4.14. The van der Waals surface area contributed by atoms with Gasteiger partial charge in [0.25, 0.3) is 0 Å². The van der Waals surface area contributed by atoms with E-state index < -0.39 is 12.2 Å². The van der Waals surface area contributed by atoms with Gasteiger partial charge in [-0.05, 0) is 27.4 Å². The van der Waals surface area contributed by atoms with Gasteiger partial charge in [0.2, 0.25) is 0 Å². The van der Waals surface area contributed by atoms with E-state index in [0.717, 1.165) is 5.39 Å². The largest absolute Gasteiger partial charge is 0.464 e. The molecule has 0 aliphatic carbocycles. The van der Waals surface area contributed by atoms with Crippen LogP contribution in [-0.4, -0.2) is 27.4 Å². The quantitative estimate of drug-likeness (QED) is 0.789. The van der Waals surface area contributed by atoms with Crippen molar-refractivity contribution in [2.75, 3.05) is 4.90 Å². The number of halogens is 1. The van der Waals surface area contributed by atoms with E-state index in [4.69, 9.17) is 10.2 Å². The van der Waals surface area contributed by atoms with Gasteiger partial charge in [-0.1, -0.05) is 24.3 Å². The number of hydrogen-bond donors (Lipinski definition) is 2. The summed E-state index contributed by atoms with van der Waals surface area (Å²) in [6, 6.07) is 8.52. The van der Waals surface area contributed by atoms with Crippen LogP contribution in [0.2, 0.25) is 0 Å². The summed E-state index contributed by atoms with van der Waals surface area (Å²) in [7, 11) is 0. The first kappa shape index (κ1) is 12.3. The lowest BCUT2D eigenvalue weighted by molar-refractivity contribution is 0.184. The molecule has 1 aromatic carbocycles. The Labute approximate surface area is 110 Å². The molecule has 1 aromatic heterocycles. The second kappa shape index (κ2) is 4.61. The van der Waals surface area contributed by atoms with Crippen molar-refractivity contribution in [2.24, 2.45) is 0 Å². The summed E-state index contributed by atoms with van der Waals surface area (Å²) in [5, 5.41) is 19.2. The number of anilines is 1. The van der Waals surface area contributed by atoms with Gasteiger partial charge in [0, 0.05) is 5.39 Å². The van der Waals surface area contributed by atoms with E-state index in [2.05, 4.69) is 20.9 Å². The minimum atomic E-state index is -1.60. The van der Waals surface area contributed by atoms with Crippen molar-refractivity contribution in [2.45, 2.75) is 0 Å². The number of aromatic nitrogens is 1. The molecule has 2 aromatic rings. The highest BCUT2D eigenvalue weighted by atomic mass is 79.9. The van der Waals surface area contributed by atoms with Gasteiger partial charge in [0.15, 0.2) is 5.82 Å². The molecule has 1 heterocycles. The van der Waals surface area contributed by atoms with E-state index in [1.807, 2.05) is 0 Å². The Balaban J connectivity index is 2.65. The second-order valence-electron chi connectivity index (χ2n) is 3.39. The van der Waals surface area contributed by atoms with Crippen molar-refractivity contribution in [3.8, 4) is 0 Å². The van der Waals surface area contributed by atoms with Gasteiger partial charge in [0.05, 0.1) is 0 Å². The molecular weight excluding hydrogens is 304 g/mol. The molecule has 0 bridgehead atoms. The lowest BCUT2D eigenvalue weighted by Gasteiger charge is -2.13. The average molecular weight is 311 g/mol. The van der Waals surface area contributed by atoms with Gasteiger partial charge in [0.1, 0.15) is 4.60 Å². The summed E-state index contributed by atoms with van der Waals surface area (Å²) in [6.07, 6.45) is -3.20. The lowest BCUT2D eigenvalue weighted by atomic mass is 10.2. The molecule has 6 nitrogen and oxygen atoms in total. The molecule has 0 unspecified atom stereocenters. The molecule has 0 fully saturated rings. The molecule has 2 N–H and O–H groups in total. The van der Waals surface area contributed by atoms with Crippen LogP contribution in [0, 0.1) is 0 Å². The normalized spacial score (nSPS) is 10.3. The first-order valence-corrected chi connectivity index (χ1v) is 5.61. The molecule has 0 atom stereocenters. The number of hydrogen-bond acceptors (Lipinski definition) is 3. The fraction of sp³-hybridized carbons (Fsp3) is 0. The van der Waals surface area contributed by atoms with Crippen LogP contribution in [0.3, 0.4) is 0 Å². The average Bonchev–Trinajstić information content (AvgIpc) is 2.28. The van der Waals surface area contributed by atoms with E-state index in [0.29, 0.717) is 9.99 Å². The number of rotatable bonds is 1. The summed E-state index contributed by atoms with van der Waals surface area (Å²) in [5.74, 6) is -0.166. The summed E-state index contributed by atoms with van der Waals surface area (Å²) < 4.78 is 0.392. The predicted molar refractivity (Wildman–Crippen MR) is 68.0 cm³/mol. The van der Waals surface area contributed by atoms with Crippen molar-refractivity contribution in [3.63, 3.8) is 0 Å². The number of benzene rings is 1. The van der Waals surface area contributed by atoms with E-state index in [1.165, 1.54) is 6.07 Å². The third kappa shape index (κ3) is 2.12. The molecule has 7 heteroatoms. The van der Waals surface area contributed by atoms with Crippen LogP contribution in [0.1, 0.15) is 0 Å². The number of carboxylic acid groups (broad SMARTS) is 2. The Morgan fingerprint density at radius 3 is 2.39 bits per heavy atom. The van der Waals surface area contributed by atoms with Crippen molar-refractivity contribution in [3.05, 3.63) is 34.9 Å². The Kier molecular flexibility index (Phi) is 3.15. The minimum absolute atomic E-state index is 0.164. The highest BCUT2D eigenvalue weighted by molar-refractivity contribution is 9.10. The van der Waals surface area contributed by atoms with E-state index in [1.54, 1.807) is 24.3 Å². The number of imide groups is 1. The molecule has 2 rings (SSSR count). The Hall–Kier alpha value is -2.15. The number of pyridine rings is 1. The molecule has 18 heavy (non-hydrogen) atoms.